The van der Waals surface area contributed by atoms with E-state index in [1.165, 1.54) is 24.8 Å². The van der Waals surface area contributed by atoms with Crippen LogP contribution < -0.4 is 0 Å². The molecule has 0 bridgehead atoms. The Kier molecular flexibility index (Phi) is 2.25. The van der Waals surface area contributed by atoms with E-state index in [4.69, 9.17) is 0 Å². The Bertz CT molecular complexity index is 216. The smallest absolute Gasteiger partial charge is 0.0237 e. The van der Waals surface area contributed by atoms with Gasteiger partial charge in [-0.3, -0.25) is 0 Å². The molecule has 0 aromatic rings. The third-order valence-electron chi connectivity index (χ3n) is 4.47. The first-order valence-corrected chi connectivity index (χ1v) is 5.76. The average Bonchev–Trinajstić information content (AvgIpc) is 2.65. The zero-order chi connectivity index (χ0) is 9.59. The van der Waals surface area contributed by atoms with Gasteiger partial charge in [-0.2, -0.15) is 0 Å². The second-order valence-electron chi connectivity index (χ2n) is 5.44. The Morgan fingerprint density at radius 2 is 2.23 bits per heavy atom. The number of fused-ring (bicyclic) bond motifs is 1. The minimum atomic E-state index is 0.746. The van der Waals surface area contributed by atoms with Gasteiger partial charge in [0.05, 0.1) is 0 Å². The highest BCUT2D eigenvalue weighted by Crippen LogP contribution is 2.66. The molecule has 0 saturated heterocycles. The fraction of sp³-hybridized carbons (Fsp3) is 0.846. The number of hydrogen-bond donors (Lipinski definition) is 0. The van der Waals surface area contributed by atoms with Crippen LogP contribution >= 0.6 is 0 Å². The van der Waals surface area contributed by atoms with Crippen LogP contribution in [0, 0.1) is 29.6 Å². The third kappa shape index (κ3) is 1.56. The summed E-state index contributed by atoms with van der Waals surface area (Å²) >= 11 is 0. The molecule has 2 fully saturated rings. The molecule has 2 aliphatic rings. The van der Waals surface area contributed by atoms with Gasteiger partial charge >= 0.3 is 0 Å². The van der Waals surface area contributed by atoms with Crippen LogP contribution in [0.5, 0.6) is 0 Å². The zero-order valence-corrected chi connectivity index (χ0v) is 9.22. The van der Waals surface area contributed by atoms with E-state index in [0.29, 0.717) is 0 Å². The van der Waals surface area contributed by atoms with Gasteiger partial charge < -0.3 is 0 Å². The summed E-state index contributed by atoms with van der Waals surface area (Å²) in [6, 6.07) is 0. The van der Waals surface area contributed by atoms with E-state index in [0.717, 1.165) is 29.6 Å². The van der Waals surface area contributed by atoms with Crippen LogP contribution in [0.2, 0.25) is 0 Å². The average molecular weight is 178 g/mol. The van der Waals surface area contributed by atoms with Crippen LogP contribution in [-0.2, 0) is 0 Å². The Balaban J connectivity index is 1.68. The maximum absolute atomic E-state index is 4.02. The summed E-state index contributed by atoms with van der Waals surface area (Å²) in [4.78, 5) is 0. The van der Waals surface area contributed by atoms with Crippen molar-refractivity contribution >= 4 is 0 Å². The fourth-order valence-corrected chi connectivity index (χ4v) is 3.14. The minimum absolute atomic E-state index is 0.746. The van der Waals surface area contributed by atoms with E-state index >= 15 is 0 Å². The van der Waals surface area contributed by atoms with Gasteiger partial charge in [0.2, 0.25) is 0 Å². The van der Waals surface area contributed by atoms with Crippen LogP contribution in [0.3, 0.4) is 0 Å². The summed E-state index contributed by atoms with van der Waals surface area (Å²) in [7, 11) is 0. The van der Waals surface area contributed by atoms with Crippen LogP contribution in [0.15, 0.2) is 12.2 Å². The summed E-state index contributed by atoms with van der Waals surface area (Å²) in [5.74, 6) is 5.19. The summed E-state index contributed by atoms with van der Waals surface area (Å²) in [5, 5.41) is 0. The van der Waals surface area contributed by atoms with E-state index in [-0.39, 0.29) is 0 Å². The van der Waals surface area contributed by atoms with Crippen molar-refractivity contribution in [2.75, 3.05) is 0 Å². The van der Waals surface area contributed by atoms with Crippen molar-refractivity contribution in [1.29, 1.82) is 0 Å². The Morgan fingerprint density at radius 1 is 1.54 bits per heavy atom. The number of hydrogen-bond acceptors (Lipinski definition) is 0. The monoisotopic (exact) mass is 178 g/mol. The number of allylic oxidation sites excluding steroid dienone is 1. The molecule has 0 N–H and O–H groups in total. The van der Waals surface area contributed by atoms with Crippen LogP contribution in [0.4, 0.5) is 0 Å². The molecule has 0 amide bonds. The number of rotatable bonds is 4. The van der Waals surface area contributed by atoms with Gasteiger partial charge in [-0.05, 0) is 55.8 Å². The van der Waals surface area contributed by atoms with Gasteiger partial charge in [-0.1, -0.05) is 26.0 Å². The first-order chi connectivity index (χ1) is 6.11. The third-order valence-corrected chi connectivity index (χ3v) is 4.47. The fourth-order valence-electron chi connectivity index (χ4n) is 3.14. The maximum atomic E-state index is 4.02. The van der Waals surface area contributed by atoms with Gasteiger partial charge in [-0.15, -0.1) is 0 Å². The topological polar surface area (TPSA) is 0 Å². The molecule has 74 valence electrons. The minimum Gasteiger partial charge on any atom is -0.0999 e. The first kappa shape index (κ1) is 9.30. The normalized spacial score (nSPS) is 43.3. The lowest BCUT2D eigenvalue weighted by molar-refractivity contribution is 0.316. The molecule has 0 radical (unpaired) electrons. The highest BCUT2D eigenvalue weighted by molar-refractivity contribution is 5.08. The van der Waals surface area contributed by atoms with Gasteiger partial charge in [0.15, 0.2) is 0 Å². The lowest BCUT2D eigenvalue weighted by atomic mass is 9.87. The van der Waals surface area contributed by atoms with Crippen molar-refractivity contribution in [2.45, 2.75) is 40.0 Å². The SMILES string of the molecule is C=C(C)C(C)CCC1C2CC(C)C12. The molecular formula is C13H22. The Hall–Kier alpha value is -0.260. The molecule has 2 aliphatic carbocycles. The highest BCUT2D eigenvalue weighted by atomic mass is 14.6. The second kappa shape index (κ2) is 3.15. The molecule has 0 nitrogen and oxygen atoms in total. The molecule has 5 unspecified atom stereocenters. The standard InChI is InChI=1S/C13H22/c1-8(2)9(3)5-6-11-12-7-10(4)13(11)12/h9-13H,1,5-7H2,2-4H3. The van der Waals surface area contributed by atoms with Gasteiger partial charge in [0.25, 0.3) is 0 Å². The van der Waals surface area contributed by atoms with Crippen LogP contribution in [0.1, 0.15) is 40.0 Å². The maximum Gasteiger partial charge on any atom is -0.0237 e. The molecule has 2 rings (SSSR count). The molecule has 5 atom stereocenters. The summed E-state index contributed by atoms with van der Waals surface area (Å²) in [5.41, 5.74) is 1.36. The van der Waals surface area contributed by atoms with Crippen molar-refractivity contribution < 1.29 is 0 Å². The largest absolute Gasteiger partial charge is 0.0999 e. The molecular weight excluding hydrogens is 156 g/mol. The van der Waals surface area contributed by atoms with Crippen molar-refractivity contribution in [3.8, 4) is 0 Å². The molecule has 0 aliphatic heterocycles. The zero-order valence-electron chi connectivity index (χ0n) is 9.22. The molecule has 0 spiro atoms. The predicted octanol–water partition coefficient (Wildman–Crippen LogP) is 3.88. The van der Waals surface area contributed by atoms with Crippen molar-refractivity contribution in [1.82, 2.24) is 0 Å². The predicted molar refractivity (Wildman–Crippen MR) is 57.5 cm³/mol. The summed E-state index contributed by atoms with van der Waals surface area (Å²) in [6.45, 7) is 10.9. The van der Waals surface area contributed by atoms with Gasteiger partial charge in [-0.25, -0.2) is 0 Å². The van der Waals surface area contributed by atoms with Crippen LogP contribution in [0.25, 0.3) is 0 Å². The summed E-state index contributed by atoms with van der Waals surface area (Å²) in [6.07, 6.45) is 4.37. The molecule has 0 aromatic carbocycles. The lowest BCUT2D eigenvalue weighted by Crippen LogP contribution is -2.10. The highest BCUT2D eigenvalue weighted by Gasteiger charge is 2.59. The van der Waals surface area contributed by atoms with Crippen molar-refractivity contribution in [3.63, 3.8) is 0 Å². The Morgan fingerprint density at radius 3 is 2.62 bits per heavy atom. The van der Waals surface area contributed by atoms with Crippen molar-refractivity contribution in [3.05, 3.63) is 12.2 Å². The van der Waals surface area contributed by atoms with Gasteiger partial charge in [0.1, 0.15) is 0 Å². The van der Waals surface area contributed by atoms with E-state index < -0.39 is 0 Å². The van der Waals surface area contributed by atoms with E-state index in [9.17, 15) is 0 Å². The Labute approximate surface area is 82.4 Å². The van der Waals surface area contributed by atoms with E-state index in [2.05, 4.69) is 27.4 Å². The van der Waals surface area contributed by atoms with Crippen LogP contribution in [-0.4, -0.2) is 0 Å². The molecule has 0 heteroatoms. The van der Waals surface area contributed by atoms with Crippen molar-refractivity contribution in [2.24, 2.45) is 29.6 Å². The molecule has 13 heavy (non-hydrogen) atoms. The lowest BCUT2D eigenvalue weighted by Gasteiger charge is -2.18. The quantitative estimate of drug-likeness (QED) is 0.573. The van der Waals surface area contributed by atoms with E-state index in [1.807, 2.05) is 0 Å². The molecule has 2 saturated carbocycles. The van der Waals surface area contributed by atoms with E-state index in [1.54, 1.807) is 0 Å². The summed E-state index contributed by atoms with van der Waals surface area (Å²) < 4.78 is 0. The first-order valence-electron chi connectivity index (χ1n) is 5.76. The molecule has 0 aromatic heterocycles. The molecule has 0 heterocycles. The second-order valence-corrected chi connectivity index (χ2v) is 5.44. The van der Waals surface area contributed by atoms with Gasteiger partial charge in [0, 0.05) is 0 Å².